The highest BCUT2D eigenvalue weighted by molar-refractivity contribution is 4.19. The van der Waals surface area contributed by atoms with Gasteiger partial charge in [-0.05, 0) is 0 Å². The molecule has 0 amide bonds. The minimum Gasteiger partial charge on any atom is -0.394 e. The molecule has 0 fully saturated rings. The largest absolute Gasteiger partial charge is 0.394 e. The van der Waals surface area contributed by atoms with E-state index in [-0.39, 0.29) is 45.8 Å². The minimum atomic E-state index is -0.179. The summed E-state index contributed by atoms with van der Waals surface area (Å²) in [5, 5.41) is 25.9. The van der Waals surface area contributed by atoms with E-state index in [1.807, 2.05) is 0 Å². The van der Waals surface area contributed by atoms with Crippen LogP contribution in [0.2, 0.25) is 0 Å². The van der Waals surface area contributed by atoms with Crippen molar-refractivity contribution in [2.45, 2.75) is 0 Å². The average molecular weight is 214 g/mol. The van der Waals surface area contributed by atoms with Crippen LogP contribution in [-0.4, -0.2) is 60.4 Å². The Labute approximate surface area is 82.0 Å². The summed E-state index contributed by atoms with van der Waals surface area (Å²) in [6.45, 7) is -0.505. The molecule has 8 heteroatoms. The molecule has 0 aromatic rings. The first kappa shape index (κ1) is 16.1. The lowest BCUT2D eigenvalue weighted by Crippen LogP contribution is -2.28. The summed E-state index contributed by atoms with van der Waals surface area (Å²) in [5.74, 6) is 0. The van der Waals surface area contributed by atoms with Crippen molar-refractivity contribution < 1.29 is 29.8 Å². The summed E-state index contributed by atoms with van der Waals surface area (Å²) in [5.41, 5.74) is 0. The zero-order valence-electron chi connectivity index (χ0n) is 7.96. The van der Waals surface area contributed by atoms with Crippen molar-refractivity contribution in [3.8, 4) is 0 Å². The molecule has 0 aliphatic carbocycles. The maximum atomic E-state index is 8.40. The number of aliphatic hydroxyl groups is 3. The summed E-state index contributed by atoms with van der Waals surface area (Å²) < 4.78 is 0. The highest BCUT2D eigenvalue weighted by Gasteiger charge is 2.05. The molecule has 0 atom stereocenters. The first-order valence-corrected chi connectivity index (χ1v) is 3.86. The Morgan fingerprint density at radius 2 is 1.00 bits per heavy atom. The highest BCUT2D eigenvalue weighted by Crippen LogP contribution is 1.93. The fourth-order valence-corrected chi connectivity index (χ4v) is 0.458. The fraction of sp³-hybridized carbons (Fsp3) is 1.00. The molecule has 0 unspecified atom stereocenters. The molecule has 6 N–H and O–H groups in total. The topological polar surface area (TPSA) is 127 Å². The van der Waals surface area contributed by atoms with E-state index in [1.165, 1.54) is 0 Å². The predicted molar refractivity (Wildman–Crippen MR) is 46.0 cm³/mol. The van der Waals surface area contributed by atoms with Crippen LogP contribution in [0.25, 0.3) is 0 Å². The van der Waals surface area contributed by atoms with E-state index in [0.29, 0.717) is 5.39 Å². The van der Waals surface area contributed by atoms with Crippen LogP contribution in [0.1, 0.15) is 0 Å². The predicted octanol–water partition coefficient (Wildman–Crippen LogP) is -1.78. The van der Waals surface area contributed by atoms with Gasteiger partial charge in [0, 0.05) is 0 Å². The quantitative estimate of drug-likeness (QED) is 0.332. The van der Waals surface area contributed by atoms with Gasteiger partial charge in [-0.3, -0.25) is 0 Å². The van der Waals surface area contributed by atoms with Crippen LogP contribution < -0.4 is 6.15 Å². The van der Waals surface area contributed by atoms with Crippen molar-refractivity contribution >= 4 is 0 Å². The Morgan fingerprint density at radius 3 is 1.21 bits per heavy atom. The van der Waals surface area contributed by atoms with Gasteiger partial charge in [-0.25, -0.2) is 14.5 Å². The second kappa shape index (κ2) is 12.7. The number of hydrogen-bond donors (Lipinski definition) is 4. The summed E-state index contributed by atoms with van der Waals surface area (Å²) in [7, 11) is 0. The maximum absolute atomic E-state index is 8.40. The van der Waals surface area contributed by atoms with Gasteiger partial charge in [0.25, 0.3) is 0 Å². The van der Waals surface area contributed by atoms with E-state index < -0.39 is 0 Å². The van der Waals surface area contributed by atoms with Gasteiger partial charge in [0.05, 0.1) is 45.0 Å². The molecule has 0 aliphatic rings. The second-order valence-electron chi connectivity index (χ2n) is 1.89. The number of rotatable bonds is 9. The molecule has 0 heterocycles. The Bertz CT molecular complexity index is 87.3. The van der Waals surface area contributed by atoms with E-state index in [2.05, 4.69) is 0 Å². The minimum absolute atomic E-state index is 0. The molecule has 88 valence electrons. The summed E-state index contributed by atoms with van der Waals surface area (Å²) >= 11 is 0. The number of nitrogens with zero attached hydrogens (tertiary/aromatic N) is 1. The molecule has 0 saturated heterocycles. The molecule has 0 aromatic carbocycles. The lowest BCUT2D eigenvalue weighted by molar-refractivity contribution is -0.527. The average Bonchev–Trinajstić information content (AvgIpc) is 2.17. The Kier molecular flexibility index (Phi) is 14.6. The highest BCUT2D eigenvalue weighted by atomic mass is 17.2. The van der Waals surface area contributed by atoms with Gasteiger partial charge in [-0.2, -0.15) is 0 Å². The Balaban J connectivity index is 0. The van der Waals surface area contributed by atoms with E-state index in [4.69, 9.17) is 29.8 Å². The van der Waals surface area contributed by atoms with Gasteiger partial charge in [-0.15, -0.1) is 0 Å². The third kappa shape index (κ3) is 9.77. The lowest BCUT2D eigenvalue weighted by atomic mass is 10.8. The Hall–Kier alpha value is -0.320. The smallest absolute Gasteiger partial charge is 0.0967 e. The Morgan fingerprint density at radius 1 is 0.714 bits per heavy atom. The van der Waals surface area contributed by atoms with Crippen molar-refractivity contribution in [1.82, 2.24) is 11.5 Å². The van der Waals surface area contributed by atoms with Gasteiger partial charge in [0.2, 0.25) is 0 Å². The SMILES string of the molecule is N.OCCON(OCCO)OCCO. The first-order valence-electron chi connectivity index (χ1n) is 3.86. The van der Waals surface area contributed by atoms with Gasteiger partial charge >= 0.3 is 0 Å². The van der Waals surface area contributed by atoms with Crippen LogP contribution >= 0.6 is 0 Å². The van der Waals surface area contributed by atoms with Crippen molar-refractivity contribution in [2.75, 3.05) is 39.6 Å². The molecule has 0 aliphatic heterocycles. The molecule has 0 saturated carbocycles. The van der Waals surface area contributed by atoms with Gasteiger partial charge in [-0.1, -0.05) is 0 Å². The molecule has 0 bridgehead atoms. The van der Waals surface area contributed by atoms with E-state index in [0.717, 1.165) is 0 Å². The van der Waals surface area contributed by atoms with Crippen molar-refractivity contribution in [1.29, 1.82) is 0 Å². The number of hydrogen-bond acceptors (Lipinski definition) is 8. The molecular weight excluding hydrogens is 196 g/mol. The second-order valence-corrected chi connectivity index (χ2v) is 1.89. The van der Waals surface area contributed by atoms with Gasteiger partial charge < -0.3 is 21.5 Å². The standard InChI is InChI=1S/C6H15NO6.H3N/c8-1-4-11-7(12-5-2-9)13-6-3-10;/h8-10H,1-6H2;1H3. The number of aliphatic hydroxyl groups excluding tert-OH is 3. The zero-order chi connectivity index (χ0) is 9.94. The summed E-state index contributed by atoms with van der Waals surface area (Å²) in [6, 6.07) is 0. The molecule has 0 spiro atoms. The van der Waals surface area contributed by atoms with Crippen LogP contribution in [0.3, 0.4) is 0 Å². The summed E-state index contributed by atoms with van der Waals surface area (Å²) in [6.07, 6.45) is 0. The molecular formula is C6H18N2O6. The lowest BCUT2D eigenvalue weighted by Gasteiger charge is -2.17. The molecule has 0 radical (unpaired) electrons. The van der Waals surface area contributed by atoms with Crippen LogP contribution in [0.4, 0.5) is 0 Å². The molecule has 8 nitrogen and oxygen atoms in total. The monoisotopic (exact) mass is 214 g/mol. The molecule has 0 aromatic heterocycles. The summed E-state index contributed by atoms with van der Waals surface area (Å²) in [4.78, 5) is 14.1. The van der Waals surface area contributed by atoms with Crippen molar-refractivity contribution in [3.63, 3.8) is 0 Å². The molecule has 14 heavy (non-hydrogen) atoms. The maximum Gasteiger partial charge on any atom is 0.0967 e. The first-order chi connectivity index (χ1) is 6.35. The third-order valence-corrected chi connectivity index (χ3v) is 0.864. The van der Waals surface area contributed by atoms with Crippen molar-refractivity contribution in [2.24, 2.45) is 0 Å². The van der Waals surface area contributed by atoms with Gasteiger partial charge in [0.1, 0.15) is 0 Å². The van der Waals surface area contributed by atoms with E-state index in [9.17, 15) is 0 Å². The van der Waals surface area contributed by atoms with E-state index >= 15 is 0 Å². The normalized spacial score (nSPS) is 10.3. The third-order valence-electron chi connectivity index (χ3n) is 0.864. The zero-order valence-corrected chi connectivity index (χ0v) is 7.96. The van der Waals surface area contributed by atoms with Crippen LogP contribution in [0.5, 0.6) is 0 Å². The van der Waals surface area contributed by atoms with Crippen LogP contribution in [-0.2, 0) is 14.5 Å². The van der Waals surface area contributed by atoms with E-state index in [1.54, 1.807) is 0 Å². The van der Waals surface area contributed by atoms with Gasteiger partial charge in [0.15, 0.2) is 0 Å². The van der Waals surface area contributed by atoms with Crippen molar-refractivity contribution in [3.05, 3.63) is 0 Å². The fourth-order valence-electron chi connectivity index (χ4n) is 0.458. The molecule has 0 rings (SSSR count). The van der Waals surface area contributed by atoms with Crippen LogP contribution in [0.15, 0.2) is 0 Å². The van der Waals surface area contributed by atoms with Crippen LogP contribution in [0, 0.1) is 0 Å².